The zero-order valence-corrected chi connectivity index (χ0v) is 13.2. The van der Waals surface area contributed by atoms with Crippen LogP contribution in [0.1, 0.15) is 39.8 Å². The quantitative estimate of drug-likeness (QED) is 0.796. The van der Waals surface area contributed by atoms with Crippen molar-refractivity contribution in [1.82, 2.24) is 25.2 Å². The largest absolute Gasteiger partial charge is 0.295 e. The van der Waals surface area contributed by atoms with E-state index in [2.05, 4.69) is 25.8 Å². The molecule has 2 aromatic heterocycles. The van der Waals surface area contributed by atoms with E-state index in [0.717, 1.165) is 29.1 Å². The number of aromatic nitrogens is 5. The molecule has 0 spiro atoms. The fraction of sp³-hybridized carbons (Fsp3) is 0.267. The summed E-state index contributed by atoms with van der Waals surface area (Å²) in [6.07, 6.45) is 3.92. The van der Waals surface area contributed by atoms with Crippen LogP contribution in [0.2, 0.25) is 0 Å². The van der Waals surface area contributed by atoms with Crippen molar-refractivity contribution in [3.05, 3.63) is 46.7 Å². The Kier molecular flexibility index (Phi) is 3.38. The smallest absolute Gasteiger partial charge is 0.279 e. The van der Waals surface area contributed by atoms with Crippen LogP contribution >= 0.6 is 11.3 Å². The molecule has 1 aliphatic carbocycles. The lowest BCUT2D eigenvalue weighted by molar-refractivity contribution is 0.102. The van der Waals surface area contributed by atoms with Crippen molar-refractivity contribution in [1.29, 1.82) is 0 Å². The van der Waals surface area contributed by atoms with Crippen molar-refractivity contribution < 1.29 is 4.79 Å². The molecule has 0 unspecified atom stereocenters. The number of amides is 1. The highest BCUT2D eigenvalue weighted by Gasteiger charge is 2.28. The lowest BCUT2D eigenvalue weighted by Crippen LogP contribution is -2.12. The molecule has 1 N–H and O–H groups in total. The van der Waals surface area contributed by atoms with E-state index in [1.54, 1.807) is 10.9 Å². The molecule has 0 aliphatic heterocycles. The third-order valence-electron chi connectivity index (χ3n) is 3.61. The molecule has 2 heterocycles. The molecule has 1 amide bonds. The summed E-state index contributed by atoms with van der Waals surface area (Å²) in [5, 5.41) is 20.2. The Bertz CT molecular complexity index is 849. The summed E-state index contributed by atoms with van der Waals surface area (Å²) in [6, 6.07) is 7.82. The Morgan fingerprint density at radius 1 is 1.22 bits per heavy atom. The van der Waals surface area contributed by atoms with Crippen LogP contribution in [-0.2, 0) is 0 Å². The average molecular weight is 326 g/mol. The van der Waals surface area contributed by atoms with Crippen LogP contribution in [0, 0.1) is 6.92 Å². The Morgan fingerprint density at radius 2 is 2.00 bits per heavy atom. The van der Waals surface area contributed by atoms with Crippen LogP contribution in [0.15, 0.2) is 30.5 Å². The van der Waals surface area contributed by atoms with Gasteiger partial charge in [0.25, 0.3) is 5.91 Å². The highest BCUT2D eigenvalue weighted by atomic mass is 32.1. The Hall–Kier alpha value is -2.61. The zero-order valence-electron chi connectivity index (χ0n) is 12.4. The van der Waals surface area contributed by atoms with Crippen molar-refractivity contribution in [3.8, 4) is 5.69 Å². The summed E-state index contributed by atoms with van der Waals surface area (Å²) in [6.45, 7) is 2.02. The summed E-state index contributed by atoms with van der Waals surface area (Å²) in [5.41, 5.74) is 2.26. The first-order chi connectivity index (χ1) is 11.2. The predicted octanol–water partition coefficient (Wildman–Crippen LogP) is 2.56. The molecule has 116 valence electrons. The summed E-state index contributed by atoms with van der Waals surface area (Å²) in [7, 11) is 0. The van der Waals surface area contributed by atoms with E-state index < -0.39 is 0 Å². The molecule has 0 atom stereocenters. The fourth-order valence-electron chi connectivity index (χ4n) is 2.13. The minimum atomic E-state index is -0.332. The second kappa shape index (κ2) is 5.54. The molecule has 1 aliphatic rings. The second-order valence-electron chi connectivity index (χ2n) is 5.56. The maximum Gasteiger partial charge on any atom is 0.279 e. The van der Waals surface area contributed by atoms with Gasteiger partial charge in [0.15, 0.2) is 5.69 Å². The van der Waals surface area contributed by atoms with E-state index in [4.69, 9.17) is 0 Å². The van der Waals surface area contributed by atoms with E-state index in [1.807, 2.05) is 31.2 Å². The SMILES string of the molecule is Cc1ccc(-n2cc(C(=O)Nc3nnc(C4CC4)s3)nn2)cc1. The van der Waals surface area contributed by atoms with Gasteiger partial charge in [-0.05, 0) is 31.9 Å². The van der Waals surface area contributed by atoms with Gasteiger partial charge in [-0.1, -0.05) is 34.2 Å². The van der Waals surface area contributed by atoms with Crippen LogP contribution < -0.4 is 5.32 Å². The molecular formula is C15H14N6OS. The number of nitrogens with one attached hydrogen (secondary N) is 1. The highest BCUT2D eigenvalue weighted by molar-refractivity contribution is 7.15. The van der Waals surface area contributed by atoms with E-state index in [9.17, 15) is 4.79 Å². The van der Waals surface area contributed by atoms with Gasteiger partial charge < -0.3 is 0 Å². The number of carbonyl (C=O) groups is 1. The van der Waals surface area contributed by atoms with Gasteiger partial charge in [0.1, 0.15) is 5.01 Å². The molecule has 1 fully saturated rings. The number of hydrogen-bond acceptors (Lipinski definition) is 6. The predicted molar refractivity (Wildman–Crippen MR) is 85.9 cm³/mol. The molecule has 3 aromatic rings. The lowest BCUT2D eigenvalue weighted by atomic mass is 10.2. The minimum absolute atomic E-state index is 0.244. The minimum Gasteiger partial charge on any atom is -0.295 e. The summed E-state index contributed by atoms with van der Waals surface area (Å²) in [4.78, 5) is 12.2. The maximum absolute atomic E-state index is 12.2. The molecular weight excluding hydrogens is 312 g/mol. The average Bonchev–Trinajstić information content (AvgIpc) is 3.10. The van der Waals surface area contributed by atoms with E-state index in [0.29, 0.717) is 11.0 Å². The van der Waals surface area contributed by atoms with Crippen molar-refractivity contribution >= 4 is 22.4 Å². The van der Waals surface area contributed by atoms with Gasteiger partial charge >= 0.3 is 0 Å². The molecule has 4 rings (SSSR count). The summed E-state index contributed by atoms with van der Waals surface area (Å²) >= 11 is 1.42. The van der Waals surface area contributed by atoms with Gasteiger partial charge in [0.2, 0.25) is 5.13 Å². The highest BCUT2D eigenvalue weighted by Crippen LogP contribution is 2.42. The van der Waals surface area contributed by atoms with E-state index in [1.165, 1.54) is 11.3 Å². The Labute approximate surface area is 136 Å². The number of hydrogen-bond donors (Lipinski definition) is 1. The molecule has 0 radical (unpaired) electrons. The number of rotatable bonds is 4. The summed E-state index contributed by atoms with van der Waals surface area (Å²) in [5.74, 6) is 0.197. The fourth-order valence-corrected chi connectivity index (χ4v) is 3.04. The van der Waals surface area contributed by atoms with Gasteiger partial charge in [-0.25, -0.2) is 4.68 Å². The number of carbonyl (C=O) groups excluding carboxylic acids is 1. The monoisotopic (exact) mass is 326 g/mol. The first kappa shape index (κ1) is 14.0. The maximum atomic E-state index is 12.2. The van der Waals surface area contributed by atoms with Crippen molar-refractivity contribution in [2.75, 3.05) is 5.32 Å². The first-order valence-electron chi connectivity index (χ1n) is 7.33. The zero-order chi connectivity index (χ0) is 15.8. The van der Waals surface area contributed by atoms with E-state index >= 15 is 0 Å². The first-order valence-corrected chi connectivity index (χ1v) is 8.15. The molecule has 0 saturated heterocycles. The van der Waals surface area contributed by atoms with Crippen LogP contribution in [0.3, 0.4) is 0 Å². The molecule has 23 heavy (non-hydrogen) atoms. The third kappa shape index (κ3) is 2.98. The second-order valence-corrected chi connectivity index (χ2v) is 6.57. The molecule has 0 bridgehead atoms. The van der Waals surface area contributed by atoms with Crippen LogP contribution in [0.25, 0.3) is 5.69 Å². The van der Waals surface area contributed by atoms with Gasteiger partial charge in [0, 0.05) is 5.92 Å². The number of anilines is 1. The van der Waals surface area contributed by atoms with Crippen molar-refractivity contribution in [2.24, 2.45) is 0 Å². The van der Waals surface area contributed by atoms with Crippen molar-refractivity contribution in [2.45, 2.75) is 25.7 Å². The topological polar surface area (TPSA) is 85.6 Å². The van der Waals surface area contributed by atoms with E-state index in [-0.39, 0.29) is 11.6 Å². The lowest BCUT2D eigenvalue weighted by Gasteiger charge is -1.99. The third-order valence-corrected chi connectivity index (χ3v) is 4.61. The van der Waals surface area contributed by atoms with Crippen LogP contribution in [-0.4, -0.2) is 31.1 Å². The van der Waals surface area contributed by atoms with Gasteiger partial charge in [-0.15, -0.1) is 15.3 Å². The summed E-state index contributed by atoms with van der Waals surface area (Å²) < 4.78 is 1.57. The molecule has 7 nitrogen and oxygen atoms in total. The molecule has 8 heteroatoms. The number of nitrogens with zero attached hydrogens (tertiary/aromatic N) is 5. The Balaban J connectivity index is 1.48. The standard InChI is InChI=1S/C15H14N6OS/c1-9-2-6-11(7-3-9)21-8-12(17-20-21)13(22)16-15-19-18-14(23-15)10-4-5-10/h2-3,6-8,10H,4-5H2,1H3,(H,16,19,22). The van der Waals surface area contributed by atoms with Crippen molar-refractivity contribution in [3.63, 3.8) is 0 Å². The van der Waals surface area contributed by atoms with Crippen LogP contribution in [0.4, 0.5) is 5.13 Å². The normalized spacial score (nSPS) is 14.0. The molecule has 1 saturated carbocycles. The van der Waals surface area contributed by atoms with Gasteiger partial charge in [0.05, 0.1) is 11.9 Å². The van der Waals surface area contributed by atoms with Gasteiger partial charge in [-0.2, -0.15) is 0 Å². The van der Waals surface area contributed by atoms with Crippen LogP contribution in [0.5, 0.6) is 0 Å². The molecule has 1 aromatic carbocycles. The van der Waals surface area contributed by atoms with Gasteiger partial charge in [-0.3, -0.25) is 10.1 Å². The Morgan fingerprint density at radius 3 is 2.74 bits per heavy atom. The number of benzene rings is 1. The number of aryl methyl sites for hydroxylation is 1.